The summed E-state index contributed by atoms with van der Waals surface area (Å²) in [6.45, 7) is 13.9. The number of aromatic nitrogens is 3. The minimum atomic E-state index is -0.375. The number of amides is 1. The monoisotopic (exact) mass is 508 g/mol. The van der Waals surface area contributed by atoms with Gasteiger partial charge in [0.1, 0.15) is 5.75 Å². The van der Waals surface area contributed by atoms with E-state index in [4.69, 9.17) is 4.74 Å². The van der Waals surface area contributed by atoms with Crippen molar-refractivity contribution in [1.82, 2.24) is 14.8 Å². The number of carbonyl (C=O) groups is 2. The Balaban J connectivity index is 1.76. The van der Waals surface area contributed by atoms with Crippen molar-refractivity contribution in [3.8, 4) is 5.75 Å². The maximum Gasteiger partial charge on any atom is 0.237 e. The Morgan fingerprint density at radius 2 is 1.72 bits per heavy atom. The van der Waals surface area contributed by atoms with Crippen LogP contribution in [0.5, 0.6) is 5.75 Å². The summed E-state index contributed by atoms with van der Waals surface area (Å²) in [5, 5.41) is 12.1. The van der Waals surface area contributed by atoms with E-state index in [0.29, 0.717) is 34.6 Å². The molecule has 8 heteroatoms. The van der Waals surface area contributed by atoms with Crippen molar-refractivity contribution in [2.24, 2.45) is 0 Å². The molecule has 0 fully saturated rings. The molecule has 2 atom stereocenters. The molecule has 0 saturated carbocycles. The number of nitrogens with zero attached hydrogens (tertiary/aromatic N) is 3. The lowest BCUT2D eigenvalue weighted by molar-refractivity contribution is -0.115. The Hall–Kier alpha value is -3.13. The standard InChI is InChI=1S/C28H36N4O3S/c1-8-25(27(34)29-23-11-9-10-22(16-23)19(6)33)36-28-31-30-26(32(28)18(4)5)20(7)35-24-14-12-21(13-15-24)17(2)3/h9-18,20,25H,8H2,1-7H3,(H,29,34). The molecule has 2 aromatic carbocycles. The maximum atomic E-state index is 13.1. The minimum absolute atomic E-state index is 0.0442. The number of benzene rings is 2. The Labute approximate surface area is 218 Å². The molecular formula is C28H36N4O3S. The summed E-state index contributed by atoms with van der Waals surface area (Å²) in [4.78, 5) is 24.8. The van der Waals surface area contributed by atoms with Crippen LogP contribution in [0.4, 0.5) is 5.69 Å². The van der Waals surface area contributed by atoms with Crippen LogP contribution in [0, 0.1) is 0 Å². The number of hydrogen-bond acceptors (Lipinski definition) is 6. The van der Waals surface area contributed by atoms with Gasteiger partial charge in [-0.05, 0) is 69.9 Å². The lowest BCUT2D eigenvalue weighted by Gasteiger charge is -2.20. The van der Waals surface area contributed by atoms with E-state index in [-0.39, 0.29) is 29.1 Å². The quantitative estimate of drug-likeness (QED) is 0.226. The van der Waals surface area contributed by atoms with Crippen LogP contribution in [-0.2, 0) is 4.79 Å². The van der Waals surface area contributed by atoms with Crippen LogP contribution >= 0.6 is 11.8 Å². The largest absolute Gasteiger partial charge is 0.483 e. The van der Waals surface area contributed by atoms with E-state index in [2.05, 4.69) is 55.3 Å². The third-order valence-electron chi connectivity index (χ3n) is 5.88. The zero-order chi connectivity index (χ0) is 26.4. The van der Waals surface area contributed by atoms with Gasteiger partial charge in [-0.15, -0.1) is 10.2 Å². The summed E-state index contributed by atoms with van der Waals surface area (Å²) >= 11 is 1.39. The number of thioether (sulfide) groups is 1. The van der Waals surface area contributed by atoms with E-state index >= 15 is 0 Å². The van der Waals surface area contributed by atoms with Crippen LogP contribution in [0.1, 0.15) is 94.7 Å². The van der Waals surface area contributed by atoms with Gasteiger partial charge >= 0.3 is 0 Å². The number of Topliss-reactive ketones (excluding diaryl/α,β-unsaturated/α-hetero) is 1. The molecule has 1 heterocycles. The van der Waals surface area contributed by atoms with Crippen molar-refractivity contribution in [2.45, 2.75) is 83.4 Å². The summed E-state index contributed by atoms with van der Waals surface area (Å²) in [6, 6.07) is 15.2. The van der Waals surface area contributed by atoms with E-state index in [0.717, 1.165) is 5.75 Å². The van der Waals surface area contributed by atoms with E-state index in [1.807, 2.05) is 30.5 Å². The molecule has 3 aromatic rings. The lowest BCUT2D eigenvalue weighted by Crippen LogP contribution is -2.25. The van der Waals surface area contributed by atoms with Crippen molar-refractivity contribution in [1.29, 1.82) is 0 Å². The maximum absolute atomic E-state index is 13.1. The highest BCUT2D eigenvalue weighted by Crippen LogP contribution is 2.31. The Morgan fingerprint density at radius 3 is 2.31 bits per heavy atom. The molecule has 192 valence electrons. The highest BCUT2D eigenvalue weighted by Gasteiger charge is 2.26. The Bertz CT molecular complexity index is 1190. The highest BCUT2D eigenvalue weighted by atomic mass is 32.2. The average molecular weight is 509 g/mol. The third kappa shape index (κ3) is 6.75. The first-order valence-corrected chi connectivity index (χ1v) is 13.3. The van der Waals surface area contributed by atoms with Crippen molar-refractivity contribution < 1.29 is 14.3 Å². The number of nitrogens with one attached hydrogen (secondary N) is 1. The SMILES string of the molecule is CCC(Sc1nnc(C(C)Oc2ccc(C(C)C)cc2)n1C(C)C)C(=O)Nc1cccc(C(C)=O)c1. The molecule has 0 radical (unpaired) electrons. The number of rotatable bonds is 11. The van der Waals surface area contributed by atoms with Crippen LogP contribution < -0.4 is 10.1 Å². The molecule has 1 aromatic heterocycles. The first kappa shape index (κ1) is 27.5. The van der Waals surface area contributed by atoms with Gasteiger partial charge in [-0.1, -0.05) is 56.8 Å². The second-order valence-electron chi connectivity index (χ2n) is 9.43. The summed E-state index contributed by atoms with van der Waals surface area (Å²) in [5.74, 6) is 1.76. The molecule has 0 aliphatic carbocycles. The molecule has 0 spiro atoms. The summed E-state index contributed by atoms with van der Waals surface area (Å²) in [5.41, 5.74) is 2.42. The van der Waals surface area contributed by atoms with Crippen LogP contribution in [0.2, 0.25) is 0 Å². The van der Waals surface area contributed by atoms with Gasteiger partial charge in [-0.25, -0.2) is 0 Å². The lowest BCUT2D eigenvalue weighted by atomic mass is 10.0. The summed E-state index contributed by atoms with van der Waals surface area (Å²) in [6.07, 6.45) is 0.291. The number of hydrogen-bond donors (Lipinski definition) is 1. The van der Waals surface area contributed by atoms with E-state index in [1.54, 1.807) is 24.3 Å². The average Bonchev–Trinajstić information content (AvgIpc) is 3.27. The molecular weight excluding hydrogens is 472 g/mol. The fraction of sp³-hybridized carbons (Fsp3) is 0.429. The van der Waals surface area contributed by atoms with Gasteiger partial charge in [-0.2, -0.15) is 0 Å². The third-order valence-corrected chi connectivity index (χ3v) is 7.20. The summed E-state index contributed by atoms with van der Waals surface area (Å²) in [7, 11) is 0. The number of carbonyl (C=O) groups excluding carboxylic acids is 2. The fourth-order valence-electron chi connectivity index (χ4n) is 3.81. The molecule has 0 bridgehead atoms. The van der Waals surface area contributed by atoms with E-state index in [1.165, 1.54) is 24.2 Å². The zero-order valence-electron chi connectivity index (χ0n) is 22.1. The zero-order valence-corrected chi connectivity index (χ0v) is 22.9. The topological polar surface area (TPSA) is 86.1 Å². The van der Waals surface area contributed by atoms with Gasteiger partial charge in [0.2, 0.25) is 5.91 Å². The molecule has 2 unspecified atom stereocenters. The number of anilines is 1. The van der Waals surface area contributed by atoms with E-state index in [9.17, 15) is 9.59 Å². The first-order chi connectivity index (χ1) is 17.1. The predicted octanol–water partition coefficient (Wildman–Crippen LogP) is 6.83. The summed E-state index contributed by atoms with van der Waals surface area (Å²) < 4.78 is 8.22. The van der Waals surface area contributed by atoms with Gasteiger partial charge in [0.05, 0.1) is 5.25 Å². The van der Waals surface area contributed by atoms with Crippen LogP contribution in [0.25, 0.3) is 0 Å². The van der Waals surface area contributed by atoms with Crippen LogP contribution in [0.3, 0.4) is 0 Å². The van der Waals surface area contributed by atoms with Crippen molar-refractivity contribution in [2.75, 3.05) is 5.32 Å². The first-order valence-electron chi connectivity index (χ1n) is 12.4. The van der Waals surface area contributed by atoms with Crippen molar-refractivity contribution in [3.05, 3.63) is 65.5 Å². The molecule has 3 rings (SSSR count). The van der Waals surface area contributed by atoms with Gasteiger partial charge in [0.15, 0.2) is 22.9 Å². The molecule has 0 aliphatic rings. The van der Waals surface area contributed by atoms with Crippen LogP contribution in [0.15, 0.2) is 53.7 Å². The molecule has 0 aliphatic heterocycles. The Kier molecular flexibility index (Phi) is 9.31. The van der Waals surface area contributed by atoms with E-state index < -0.39 is 0 Å². The predicted molar refractivity (Wildman–Crippen MR) is 145 cm³/mol. The Morgan fingerprint density at radius 1 is 1.03 bits per heavy atom. The number of ether oxygens (including phenoxy) is 1. The molecule has 36 heavy (non-hydrogen) atoms. The highest BCUT2D eigenvalue weighted by molar-refractivity contribution is 8.00. The molecule has 0 saturated heterocycles. The van der Waals surface area contributed by atoms with Crippen molar-refractivity contribution >= 4 is 29.1 Å². The normalized spacial score (nSPS) is 13.0. The van der Waals surface area contributed by atoms with Gasteiger partial charge in [0, 0.05) is 17.3 Å². The smallest absolute Gasteiger partial charge is 0.237 e. The minimum Gasteiger partial charge on any atom is -0.483 e. The second-order valence-corrected chi connectivity index (χ2v) is 10.6. The second kappa shape index (κ2) is 12.2. The fourth-order valence-corrected chi connectivity index (χ4v) is 4.90. The van der Waals surface area contributed by atoms with Crippen LogP contribution in [-0.4, -0.2) is 31.7 Å². The van der Waals surface area contributed by atoms with Crippen molar-refractivity contribution in [3.63, 3.8) is 0 Å². The molecule has 7 nitrogen and oxygen atoms in total. The van der Waals surface area contributed by atoms with Gasteiger partial charge < -0.3 is 14.6 Å². The van der Waals surface area contributed by atoms with Gasteiger partial charge in [-0.3, -0.25) is 9.59 Å². The molecule has 1 N–H and O–H groups in total. The van der Waals surface area contributed by atoms with Gasteiger partial charge in [0.25, 0.3) is 0 Å². The molecule has 1 amide bonds. The number of ketones is 1.